The zero-order chi connectivity index (χ0) is 20.6. The molecule has 1 aromatic carbocycles. The van der Waals surface area contributed by atoms with Crippen molar-refractivity contribution in [1.82, 2.24) is 4.90 Å². The second-order valence-corrected chi connectivity index (χ2v) is 8.04. The van der Waals surface area contributed by atoms with Crippen molar-refractivity contribution in [3.63, 3.8) is 0 Å². The molecule has 0 aliphatic carbocycles. The molecule has 154 valence electrons. The Kier molecular flexibility index (Phi) is 7.41. The Bertz CT molecular complexity index is 833. The molecule has 3 rings (SSSR count). The summed E-state index contributed by atoms with van der Waals surface area (Å²) in [6.07, 6.45) is 4.59. The number of carbonyl (C=O) groups is 3. The number of nitrogens with one attached hydrogen (secondary N) is 1. The maximum Gasteiger partial charge on any atom is 0.329 e. The van der Waals surface area contributed by atoms with Crippen LogP contribution in [0.15, 0.2) is 41.8 Å². The van der Waals surface area contributed by atoms with Crippen molar-refractivity contribution in [1.29, 1.82) is 0 Å². The Labute approximate surface area is 174 Å². The molecule has 1 N–H and O–H groups in total. The van der Waals surface area contributed by atoms with Gasteiger partial charge in [-0.3, -0.25) is 9.59 Å². The lowest BCUT2D eigenvalue weighted by atomic mass is 10.1. The van der Waals surface area contributed by atoms with Crippen LogP contribution < -0.4 is 5.32 Å². The molecule has 0 radical (unpaired) electrons. The quantitative estimate of drug-likeness (QED) is 0.665. The summed E-state index contributed by atoms with van der Waals surface area (Å²) >= 11 is 1.35. The molecule has 0 spiro atoms. The Morgan fingerprint density at radius 3 is 2.69 bits per heavy atom. The average Bonchev–Trinajstić information content (AvgIpc) is 3.43. The number of anilines is 1. The summed E-state index contributed by atoms with van der Waals surface area (Å²) in [5.41, 5.74) is 1.90. The fourth-order valence-electron chi connectivity index (χ4n) is 3.36. The molecule has 2 amide bonds. The first kappa shape index (κ1) is 21.0. The van der Waals surface area contributed by atoms with Gasteiger partial charge >= 0.3 is 5.97 Å². The Morgan fingerprint density at radius 2 is 2.00 bits per heavy atom. The highest BCUT2D eigenvalue weighted by Gasteiger charge is 2.36. The van der Waals surface area contributed by atoms with E-state index in [1.54, 1.807) is 11.0 Å². The van der Waals surface area contributed by atoms with E-state index in [2.05, 4.69) is 12.2 Å². The molecule has 1 saturated heterocycles. The molecule has 2 heterocycles. The SMILES string of the molecule is CCCCc1ccc(NC(=O)COC(=O)C2CCCN2C(=O)c2cccs2)cc1. The Morgan fingerprint density at radius 1 is 1.21 bits per heavy atom. The van der Waals surface area contributed by atoms with Crippen LogP contribution in [0.3, 0.4) is 0 Å². The Hall–Kier alpha value is -2.67. The molecule has 1 aliphatic rings. The number of aryl methyl sites for hydroxylation is 1. The molecule has 1 fully saturated rings. The lowest BCUT2D eigenvalue weighted by Crippen LogP contribution is -2.41. The minimum absolute atomic E-state index is 0.160. The van der Waals surface area contributed by atoms with Crippen molar-refractivity contribution in [2.45, 2.75) is 45.1 Å². The molecule has 6 nitrogen and oxygen atoms in total. The number of benzene rings is 1. The van der Waals surface area contributed by atoms with Crippen LogP contribution in [0.1, 0.15) is 47.8 Å². The summed E-state index contributed by atoms with van der Waals surface area (Å²) in [4.78, 5) is 39.3. The molecule has 1 atom stereocenters. The topological polar surface area (TPSA) is 75.7 Å². The first-order chi connectivity index (χ1) is 14.1. The van der Waals surface area contributed by atoms with Crippen LogP contribution in [-0.4, -0.2) is 41.9 Å². The fraction of sp³-hybridized carbons (Fsp3) is 0.409. The van der Waals surface area contributed by atoms with Crippen LogP contribution >= 0.6 is 11.3 Å². The average molecular weight is 415 g/mol. The number of amides is 2. The highest BCUT2D eigenvalue weighted by molar-refractivity contribution is 7.12. The number of ether oxygens (including phenoxy) is 1. The third-order valence-corrected chi connectivity index (χ3v) is 5.78. The van der Waals surface area contributed by atoms with Crippen LogP contribution in [0.5, 0.6) is 0 Å². The van der Waals surface area contributed by atoms with Gasteiger partial charge in [-0.1, -0.05) is 31.5 Å². The summed E-state index contributed by atoms with van der Waals surface area (Å²) in [5.74, 6) is -1.08. The van der Waals surface area contributed by atoms with E-state index < -0.39 is 17.9 Å². The highest BCUT2D eigenvalue weighted by atomic mass is 32.1. The van der Waals surface area contributed by atoms with Crippen LogP contribution in [0.2, 0.25) is 0 Å². The number of thiophene rings is 1. The van der Waals surface area contributed by atoms with Crippen molar-refractivity contribution < 1.29 is 19.1 Å². The van der Waals surface area contributed by atoms with Gasteiger partial charge in [0.2, 0.25) is 0 Å². The minimum atomic E-state index is -0.629. The normalized spacial score (nSPS) is 15.9. The van der Waals surface area contributed by atoms with Gasteiger partial charge in [0.1, 0.15) is 6.04 Å². The highest BCUT2D eigenvalue weighted by Crippen LogP contribution is 2.23. The van der Waals surface area contributed by atoms with E-state index in [1.165, 1.54) is 16.9 Å². The van der Waals surface area contributed by atoms with Crippen molar-refractivity contribution >= 4 is 34.8 Å². The zero-order valence-electron chi connectivity index (χ0n) is 16.6. The van der Waals surface area contributed by atoms with Gasteiger partial charge in [-0.05, 0) is 54.8 Å². The number of hydrogen-bond acceptors (Lipinski definition) is 5. The second-order valence-electron chi connectivity index (χ2n) is 7.09. The molecule has 1 aromatic heterocycles. The van der Waals surface area contributed by atoms with Gasteiger partial charge < -0.3 is 15.0 Å². The molecule has 7 heteroatoms. The van der Waals surface area contributed by atoms with E-state index in [0.717, 1.165) is 25.7 Å². The first-order valence-corrected chi connectivity index (χ1v) is 10.9. The number of rotatable bonds is 8. The molecule has 2 aromatic rings. The van der Waals surface area contributed by atoms with Gasteiger partial charge in [0.05, 0.1) is 4.88 Å². The Balaban J connectivity index is 1.48. The predicted octanol–water partition coefficient (Wildman–Crippen LogP) is 3.88. The molecule has 1 aliphatic heterocycles. The molecule has 29 heavy (non-hydrogen) atoms. The van der Waals surface area contributed by atoms with Gasteiger partial charge in [0.25, 0.3) is 11.8 Å². The molecular weight excluding hydrogens is 388 g/mol. The second kappa shape index (κ2) is 10.2. The first-order valence-electron chi connectivity index (χ1n) is 9.98. The third-order valence-electron chi connectivity index (χ3n) is 4.92. The van der Waals surface area contributed by atoms with Crippen molar-refractivity contribution in [2.24, 2.45) is 0 Å². The summed E-state index contributed by atoms with van der Waals surface area (Å²) in [6.45, 7) is 2.31. The molecule has 0 saturated carbocycles. The van der Waals surface area contributed by atoms with Crippen molar-refractivity contribution in [2.75, 3.05) is 18.5 Å². The number of hydrogen-bond donors (Lipinski definition) is 1. The van der Waals surface area contributed by atoms with Gasteiger partial charge in [-0.25, -0.2) is 4.79 Å². The number of likely N-dealkylation sites (tertiary alicyclic amines) is 1. The monoisotopic (exact) mass is 414 g/mol. The predicted molar refractivity (Wildman–Crippen MR) is 113 cm³/mol. The standard InChI is InChI=1S/C22H26N2O4S/c1-2-3-6-16-9-11-17(12-10-16)23-20(25)15-28-22(27)18-7-4-13-24(18)21(26)19-8-5-14-29-19/h5,8-12,14,18H,2-4,6-7,13,15H2,1H3,(H,23,25). The van der Waals surface area contributed by atoms with Crippen molar-refractivity contribution in [3.8, 4) is 0 Å². The number of nitrogens with zero attached hydrogens (tertiary/aromatic N) is 1. The maximum atomic E-state index is 12.5. The molecule has 0 bridgehead atoms. The zero-order valence-corrected chi connectivity index (χ0v) is 17.4. The van der Waals surface area contributed by atoms with Crippen LogP contribution in [0.25, 0.3) is 0 Å². The lowest BCUT2D eigenvalue weighted by Gasteiger charge is -2.22. The number of carbonyl (C=O) groups excluding carboxylic acids is 3. The number of esters is 1. The van der Waals surface area contributed by atoms with E-state index >= 15 is 0 Å². The van der Waals surface area contributed by atoms with E-state index in [4.69, 9.17) is 4.74 Å². The van der Waals surface area contributed by atoms with Gasteiger partial charge in [-0.15, -0.1) is 11.3 Å². The molecular formula is C22H26N2O4S. The summed E-state index contributed by atoms with van der Waals surface area (Å²) < 4.78 is 5.19. The van der Waals surface area contributed by atoms with Crippen LogP contribution in [0.4, 0.5) is 5.69 Å². The lowest BCUT2D eigenvalue weighted by molar-refractivity contribution is -0.151. The number of unbranched alkanes of at least 4 members (excludes halogenated alkanes) is 1. The van der Waals surface area contributed by atoms with Crippen molar-refractivity contribution in [3.05, 3.63) is 52.2 Å². The fourth-order valence-corrected chi connectivity index (χ4v) is 4.04. The van der Waals surface area contributed by atoms with Gasteiger partial charge in [0, 0.05) is 12.2 Å². The van der Waals surface area contributed by atoms with E-state index in [-0.39, 0.29) is 12.5 Å². The summed E-state index contributed by atoms with van der Waals surface area (Å²) in [5, 5.41) is 4.56. The van der Waals surface area contributed by atoms with Gasteiger partial charge in [-0.2, -0.15) is 0 Å². The third kappa shape index (κ3) is 5.67. The van der Waals surface area contributed by atoms with E-state index in [0.29, 0.717) is 23.5 Å². The van der Waals surface area contributed by atoms with Crippen LogP contribution in [-0.2, 0) is 20.7 Å². The minimum Gasteiger partial charge on any atom is -0.454 e. The summed E-state index contributed by atoms with van der Waals surface area (Å²) in [6, 6.07) is 10.6. The van der Waals surface area contributed by atoms with Gasteiger partial charge in [0.15, 0.2) is 6.61 Å². The summed E-state index contributed by atoms with van der Waals surface area (Å²) in [7, 11) is 0. The smallest absolute Gasteiger partial charge is 0.329 e. The maximum absolute atomic E-state index is 12.5. The largest absolute Gasteiger partial charge is 0.454 e. The van der Waals surface area contributed by atoms with E-state index in [1.807, 2.05) is 35.7 Å². The van der Waals surface area contributed by atoms with E-state index in [9.17, 15) is 14.4 Å². The van der Waals surface area contributed by atoms with Crippen LogP contribution in [0, 0.1) is 0 Å². The molecule has 1 unspecified atom stereocenters.